The van der Waals surface area contributed by atoms with Crippen molar-refractivity contribution in [3.05, 3.63) is 119 Å². The Morgan fingerprint density at radius 2 is 1.05 bits per heavy atom. The number of rotatable bonds is 12. The fourth-order valence-electron chi connectivity index (χ4n) is 4.11. The van der Waals surface area contributed by atoms with Crippen LogP contribution in [0.5, 0.6) is 23.0 Å². The van der Waals surface area contributed by atoms with E-state index in [0.717, 1.165) is 16.7 Å². The lowest BCUT2D eigenvalue weighted by molar-refractivity contribution is 0.106. The average molecular weight is 501 g/mol. The quantitative estimate of drug-likeness (QED) is 0.261. The number of hydrogen-bond acceptors (Lipinski definition) is 6. The van der Waals surface area contributed by atoms with E-state index in [9.17, 15) is 10.2 Å². The monoisotopic (exact) mass is 500 g/mol. The minimum absolute atomic E-state index is 0.261. The minimum Gasteiger partial charge on any atom is -0.493 e. The van der Waals surface area contributed by atoms with Crippen molar-refractivity contribution in [3.8, 4) is 23.0 Å². The van der Waals surface area contributed by atoms with Gasteiger partial charge in [-0.3, -0.25) is 0 Å². The van der Waals surface area contributed by atoms with E-state index >= 15 is 0 Å². The molecule has 2 N–H and O–H groups in total. The van der Waals surface area contributed by atoms with Crippen LogP contribution >= 0.6 is 0 Å². The number of ether oxygens (including phenoxy) is 4. The van der Waals surface area contributed by atoms with E-state index in [-0.39, 0.29) is 6.61 Å². The van der Waals surface area contributed by atoms with Crippen LogP contribution in [0.1, 0.15) is 34.3 Å². The molecular formula is C31H32O6. The fraction of sp³-hybridized carbons (Fsp3) is 0.226. The molecule has 0 aromatic heterocycles. The Morgan fingerprint density at radius 3 is 1.51 bits per heavy atom. The molecule has 4 aromatic rings. The standard InChI is InChI=1S/C31H32O6/c1-34-29-17-24(13-15-27(29)36-20-22-9-5-3-6-10-22)26(19-32)31(33)25-14-16-28(30(18-25)35-2)37-21-23-11-7-4-8-12-23/h3-18,26,31-33H,19-21H2,1-2H3. The molecule has 0 aliphatic heterocycles. The predicted octanol–water partition coefficient (Wildman–Crippen LogP) is 5.67. The zero-order chi connectivity index (χ0) is 26.0. The number of benzene rings is 4. The van der Waals surface area contributed by atoms with Crippen LogP contribution in [0, 0.1) is 0 Å². The molecule has 0 fully saturated rings. The molecule has 0 spiro atoms. The zero-order valence-electron chi connectivity index (χ0n) is 21.0. The molecule has 0 aliphatic carbocycles. The van der Waals surface area contributed by atoms with E-state index in [1.807, 2.05) is 66.7 Å². The Hall–Kier alpha value is -4.00. The smallest absolute Gasteiger partial charge is 0.161 e. The molecule has 0 saturated heterocycles. The second-order valence-electron chi connectivity index (χ2n) is 8.60. The maximum atomic E-state index is 11.2. The summed E-state index contributed by atoms with van der Waals surface area (Å²) in [5.74, 6) is 1.61. The van der Waals surface area contributed by atoms with Gasteiger partial charge in [0.2, 0.25) is 0 Å². The Labute approximate surface area is 217 Å². The lowest BCUT2D eigenvalue weighted by Gasteiger charge is -2.24. The van der Waals surface area contributed by atoms with Crippen molar-refractivity contribution in [2.45, 2.75) is 25.2 Å². The molecule has 6 heteroatoms. The van der Waals surface area contributed by atoms with E-state index < -0.39 is 12.0 Å². The van der Waals surface area contributed by atoms with Gasteiger partial charge in [-0.1, -0.05) is 72.8 Å². The van der Waals surface area contributed by atoms with Crippen LogP contribution in [0.4, 0.5) is 0 Å². The van der Waals surface area contributed by atoms with Crippen LogP contribution < -0.4 is 18.9 Å². The van der Waals surface area contributed by atoms with Gasteiger partial charge < -0.3 is 29.2 Å². The maximum absolute atomic E-state index is 11.2. The third-order valence-corrected chi connectivity index (χ3v) is 6.20. The van der Waals surface area contributed by atoms with Crippen LogP contribution in [-0.2, 0) is 13.2 Å². The van der Waals surface area contributed by atoms with E-state index in [4.69, 9.17) is 18.9 Å². The first-order valence-corrected chi connectivity index (χ1v) is 12.1. The van der Waals surface area contributed by atoms with Crippen LogP contribution in [0.25, 0.3) is 0 Å². The van der Waals surface area contributed by atoms with Crippen molar-refractivity contribution in [2.75, 3.05) is 20.8 Å². The Bertz CT molecular complexity index is 1260. The Kier molecular flexibility index (Phi) is 9.03. The highest BCUT2D eigenvalue weighted by Crippen LogP contribution is 2.39. The van der Waals surface area contributed by atoms with Gasteiger partial charge in [0.05, 0.1) is 26.9 Å². The van der Waals surface area contributed by atoms with Gasteiger partial charge >= 0.3 is 0 Å². The number of aliphatic hydroxyl groups is 2. The summed E-state index contributed by atoms with van der Waals surface area (Å²) in [6, 6.07) is 30.4. The first-order valence-electron chi connectivity index (χ1n) is 12.1. The number of aliphatic hydroxyl groups excluding tert-OH is 2. The summed E-state index contributed by atoms with van der Waals surface area (Å²) in [5.41, 5.74) is 3.41. The lowest BCUT2D eigenvalue weighted by Crippen LogP contribution is -2.15. The summed E-state index contributed by atoms with van der Waals surface area (Å²) in [4.78, 5) is 0. The molecule has 192 valence electrons. The minimum atomic E-state index is -0.983. The van der Waals surface area contributed by atoms with Crippen molar-refractivity contribution in [3.63, 3.8) is 0 Å². The molecule has 0 aliphatic rings. The summed E-state index contributed by atoms with van der Waals surface area (Å²) in [6.45, 7) is 0.543. The maximum Gasteiger partial charge on any atom is 0.161 e. The van der Waals surface area contributed by atoms with Gasteiger partial charge in [-0.05, 0) is 46.5 Å². The van der Waals surface area contributed by atoms with Gasteiger partial charge in [-0.2, -0.15) is 0 Å². The summed E-state index contributed by atoms with van der Waals surface area (Å²) < 4.78 is 22.9. The highest BCUT2D eigenvalue weighted by Gasteiger charge is 2.25. The molecule has 0 amide bonds. The van der Waals surface area contributed by atoms with Gasteiger partial charge in [0.15, 0.2) is 23.0 Å². The molecule has 0 radical (unpaired) electrons. The third-order valence-electron chi connectivity index (χ3n) is 6.20. The fourth-order valence-corrected chi connectivity index (χ4v) is 4.11. The summed E-state index contributed by atoms with van der Waals surface area (Å²) in [6.07, 6.45) is -0.983. The van der Waals surface area contributed by atoms with Crippen LogP contribution in [0.15, 0.2) is 97.1 Å². The molecule has 0 saturated carbocycles. The Balaban J connectivity index is 1.49. The molecular weight excluding hydrogens is 468 g/mol. The zero-order valence-corrected chi connectivity index (χ0v) is 21.0. The Morgan fingerprint density at radius 1 is 0.595 bits per heavy atom. The largest absolute Gasteiger partial charge is 0.493 e. The molecule has 2 unspecified atom stereocenters. The summed E-state index contributed by atoms with van der Waals surface area (Å²) in [7, 11) is 3.13. The van der Waals surface area contributed by atoms with E-state index in [2.05, 4.69) is 0 Å². The normalized spacial score (nSPS) is 12.4. The van der Waals surface area contributed by atoms with Crippen LogP contribution in [-0.4, -0.2) is 31.0 Å². The van der Waals surface area contributed by atoms with Crippen molar-refractivity contribution >= 4 is 0 Å². The van der Waals surface area contributed by atoms with Crippen molar-refractivity contribution in [1.29, 1.82) is 0 Å². The average Bonchev–Trinajstić information content (AvgIpc) is 2.96. The summed E-state index contributed by atoms with van der Waals surface area (Å²) >= 11 is 0. The van der Waals surface area contributed by atoms with Crippen molar-refractivity contribution in [1.82, 2.24) is 0 Å². The molecule has 6 nitrogen and oxygen atoms in total. The highest BCUT2D eigenvalue weighted by molar-refractivity contribution is 5.47. The highest BCUT2D eigenvalue weighted by atomic mass is 16.5. The van der Waals surface area contributed by atoms with E-state index in [1.54, 1.807) is 44.6 Å². The van der Waals surface area contributed by atoms with Gasteiger partial charge in [0, 0.05) is 5.92 Å². The first-order chi connectivity index (χ1) is 18.1. The van der Waals surface area contributed by atoms with E-state index in [1.165, 1.54) is 0 Å². The van der Waals surface area contributed by atoms with Crippen molar-refractivity contribution < 1.29 is 29.2 Å². The molecule has 37 heavy (non-hydrogen) atoms. The number of methoxy groups -OCH3 is 2. The van der Waals surface area contributed by atoms with Crippen LogP contribution in [0.3, 0.4) is 0 Å². The molecule has 0 heterocycles. The summed E-state index contributed by atoms with van der Waals surface area (Å²) in [5, 5.41) is 21.4. The van der Waals surface area contributed by atoms with Gasteiger partial charge in [-0.25, -0.2) is 0 Å². The molecule has 4 rings (SSSR count). The molecule has 4 aromatic carbocycles. The van der Waals surface area contributed by atoms with Crippen molar-refractivity contribution in [2.24, 2.45) is 0 Å². The molecule has 2 atom stereocenters. The predicted molar refractivity (Wildman–Crippen MR) is 142 cm³/mol. The second kappa shape index (κ2) is 12.8. The van der Waals surface area contributed by atoms with E-state index in [0.29, 0.717) is 41.8 Å². The van der Waals surface area contributed by atoms with Gasteiger partial charge in [-0.15, -0.1) is 0 Å². The van der Waals surface area contributed by atoms with Gasteiger partial charge in [0.1, 0.15) is 13.2 Å². The van der Waals surface area contributed by atoms with Gasteiger partial charge in [0.25, 0.3) is 0 Å². The van der Waals surface area contributed by atoms with Crippen LogP contribution in [0.2, 0.25) is 0 Å². The first kappa shape index (κ1) is 26.1. The topological polar surface area (TPSA) is 77.4 Å². The SMILES string of the molecule is COc1cc(C(O)C(CO)c2ccc(OCc3ccccc3)c(OC)c2)ccc1OCc1ccccc1. The second-order valence-corrected chi connectivity index (χ2v) is 8.60. The lowest BCUT2D eigenvalue weighted by atomic mass is 9.89. The third kappa shape index (κ3) is 6.61. The number of hydrogen-bond donors (Lipinski definition) is 2. The molecule has 0 bridgehead atoms.